The van der Waals surface area contributed by atoms with E-state index in [1.165, 1.54) is 0 Å². The van der Waals surface area contributed by atoms with Crippen LogP contribution in [0.3, 0.4) is 0 Å². The second-order valence-electron chi connectivity index (χ2n) is 3.89. The summed E-state index contributed by atoms with van der Waals surface area (Å²) in [6.45, 7) is 2.12. The van der Waals surface area contributed by atoms with Gasteiger partial charge < -0.3 is 4.42 Å². The number of hydrogen-bond donors (Lipinski definition) is 0. The molecular formula is C15H14O2. The summed E-state index contributed by atoms with van der Waals surface area (Å²) in [6, 6.07) is 9.19. The number of benzene rings is 1. The summed E-state index contributed by atoms with van der Waals surface area (Å²) < 4.78 is 5.14. The molecular weight excluding hydrogens is 212 g/mol. The van der Waals surface area contributed by atoms with Crippen molar-refractivity contribution in [2.45, 2.75) is 26.2 Å². The standard InChI is InChI=1S/C15H14O2/c1-2-3-4-5-9-13-11-12-8-6-7-10-14(12)15(16)17-13/h6-8,10-11H,2-4H2,1H3. The van der Waals surface area contributed by atoms with E-state index >= 15 is 0 Å². The molecule has 2 nitrogen and oxygen atoms in total. The van der Waals surface area contributed by atoms with E-state index in [9.17, 15) is 4.79 Å². The summed E-state index contributed by atoms with van der Waals surface area (Å²) >= 11 is 0. The molecule has 0 aliphatic rings. The van der Waals surface area contributed by atoms with E-state index in [2.05, 4.69) is 18.8 Å². The minimum Gasteiger partial charge on any atom is -0.414 e. The first-order valence-electron chi connectivity index (χ1n) is 5.83. The molecule has 0 N–H and O–H groups in total. The second-order valence-corrected chi connectivity index (χ2v) is 3.89. The van der Waals surface area contributed by atoms with E-state index in [0.717, 1.165) is 24.6 Å². The molecule has 0 bridgehead atoms. The molecule has 0 aliphatic heterocycles. The first-order valence-corrected chi connectivity index (χ1v) is 5.83. The molecule has 0 unspecified atom stereocenters. The van der Waals surface area contributed by atoms with E-state index in [4.69, 9.17) is 4.42 Å². The van der Waals surface area contributed by atoms with Crippen LogP contribution in [0.1, 0.15) is 31.9 Å². The van der Waals surface area contributed by atoms with Crippen molar-refractivity contribution in [3.63, 3.8) is 0 Å². The van der Waals surface area contributed by atoms with Gasteiger partial charge in [0.1, 0.15) is 0 Å². The molecule has 0 aliphatic carbocycles. The van der Waals surface area contributed by atoms with Crippen molar-refractivity contribution in [2.75, 3.05) is 0 Å². The molecule has 0 saturated heterocycles. The van der Waals surface area contributed by atoms with Gasteiger partial charge in [0.05, 0.1) is 5.39 Å². The summed E-state index contributed by atoms with van der Waals surface area (Å²) in [5.41, 5.74) is -0.317. The predicted octanol–water partition coefficient (Wildman–Crippen LogP) is 3.33. The zero-order valence-corrected chi connectivity index (χ0v) is 9.82. The summed E-state index contributed by atoms with van der Waals surface area (Å²) in [7, 11) is 0. The third-order valence-electron chi connectivity index (χ3n) is 2.54. The van der Waals surface area contributed by atoms with Crippen LogP contribution in [0.15, 0.2) is 39.5 Å². The van der Waals surface area contributed by atoms with Gasteiger partial charge >= 0.3 is 5.63 Å². The maximum absolute atomic E-state index is 11.7. The van der Waals surface area contributed by atoms with E-state index < -0.39 is 0 Å². The highest BCUT2D eigenvalue weighted by Gasteiger charge is 2.00. The fourth-order valence-electron chi connectivity index (χ4n) is 1.61. The molecule has 1 aromatic heterocycles. The maximum Gasteiger partial charge on any atom is 0.344 e. The normalized spacial score (nSPS) is 9.94. The van der Waals surface area contributed by atoms with Crippen LogP contribution in [-0.2, 0) is 0 Å². The minimum absolute atomic E-state index is 0.317. The fourth-order valence-corrected chi connectivity index (χ4v) is 1.61. The average Bonchev–Trinajstić information content (AvgIpc) is 2.35. The molecule has 1 heterocycles. The molecule has 86 valence electrons. The topological polar surface area (TPSA) is 30.2 Å². The number of fused-ring (bicyclic) bond motifs is 1. The highest BCUT2D eigenvalue weighted by atomic mass is 16.4. The summed E-state index contributed by atoms with van der Waals surface area (Å²) in [6.07, 6.45) is 3.04. The Hall–Kier alpha value is -2.01. The summed E-state index contributed by atoms with van der Waals surface area (Å²) in [4.78, 5) is 11.7. The highest BCUT2D eigenvalue weighted by molar-refractivity contribution is 5.81. The Labute approximate surface area is 100 Å². The fraction of sp³-hybridized carbons (Fsp3) is 0.267. The maximum atomic E-state index is 11.7. The first kappa shape index (κ1) is 11.5. The Balaban J connectivity index is 2.36. The van der Waals surface area contributed by atoms with Crippen LogP contribution in [0.25, 0.3) is 10.8 Å². The Morgan fingerprint density at radius 1 is 1.29 bits per heavy atom. The van der Waals surface area contributed by atoms with Crippen molar-refractivity contribution in [1.29, 1.82) is 0 Å². The third-order valence-corrected chi connectivity index (χ3v) is 2.54. The van der Waals surface area contributed by atoms with Crippen molar-refractivity contribution in [2.24, 2.45) is 0 Å². The van der Waals surface area contributed by atoms with Crippen LogP contribution in [0.5, 0.6) is 0 Å². The third kappa shape index (κ3) is 2.76. The highest BCUT2D eigenvalue weighted by Crippen LogP contribution is 2.10. The van der Waals surface area contributed by atoms with Gasteiger partial charge in [-0.2, -0.15) is 0 Å². The quantitative estimate of drug-likeness (QED) is 0.580. The van der Waals surface area contributed by atoms with Crippen molar-refractivity contribution in [3.8, 4) is 11.8 Å². The monoisotopic (exact) mass is 226 g/mol. The number of hydrogen-bond acceptors (Lipinski definition) is 2. The smallest absolute Gasteiger partial charge is 0.344 e. The molecule has 0 spiro atoms. The Morgan fingerprint density at radius 2 is 2.12 bits per heavy atom. The predicted molar refractivity (Wildman–Crippen MR) is 68.9 cm³/mol. The van der Waals surface area contributed by atoms with E-state index in [1.54, 1.807) is 6.07 Å². The van der Waals surface area contributed by atoms with Crippen molar-refractivity contribution >= 4 is 10.8 Å². The van der Waals surface area contributed by atoms with Gasteiger partial charge in [0.25, 0.3) is 0 Å². The van der Waals surface area contributed by atoms with E-state index in [-0.39, 0.29) is 5.63 Å². The SMILES string of the molecule is CCCCC#Cc1cc2ccccc2c(=O)o1. The molecule has 0 amide bonds. The summed E-state index contributed by atoms with van der Waals surface area (Å²) in [5.74, 6) is 6.36. The molecule has 0 radical (unpaired) electrons. The zero-order chi connectivity index (χ0) is 12.1. The largest absolute Gasteiger partial charge is 0.414 e. The average molecular weight is 226 g/mol. The van der Waals surface area contributed by atoms with Gasteiger partial charge in [-0.25, -0.2) is 4.79 Å². The first-order chi connectivity index (χ1) is 8.31. The lowest BCUT2D eigenvalue weighted by Crippen LogP contribution is -1.99. The van der Waals surface area contributed by atoms with Crippen LogP contribution < -0.4 is 5.63 Å². The van der Waals surface area contributed by atoms with E-state index in [0.29, 0.717) is 11.1 Å². The Bertz CT molecular complexity index is 626. The molecule has 2 rings (SSSR count). The molecule has 17 heavy (non-hydrogen) atoms. The van der Waals surface area contributed by atoms with Gasteiger partial charge in [0.15, 0.2) is 5.76 Å². The van der Waals surface area contributed by atoms with Crippen molar-refractivity contribution < 1.29 is 4.42 Å². The molecule has 0 saturated carbocycles. The molecule has 1 aromatic carbocycles. The molecule has 2 heteroatoms. The number of unbranched alkanes of at least 4 members (excludes halogenated alkanes) is 2. The van der Waals surface area contributed by atoms with Crippen LogP contribution >= 0.6 is 0 Å². The van der Waals surface area contributed by atoms with Crippen LogP contribution in [0, 0.1) is 11.8 Å². The Kier molecular flexibility index (Phi) is 3.62. The van der Waals surface area contributed by atoms with Gasteiger partial charge in [-0.3, -0.25) is 0 Å². The molecule has 2 aromatic rings. The number of rotatable bonds is 2. The molecule has 0 fully saturated rings. The second kappa shape index (κ2) is 5.36. The van der Waals surface area contributed by atoms with E-state index in [1.807, 2.05) is 24.3 Å². The van der Waals surface area contributed by atoms with Gasteiger partial charge in [0.2, 0.25) is 0 Å². The van der Waals surface area contributed by atoms with Gasteiger partial charge in [-0.15, -0.1) is 0 Å². The minimum atomic E-state index is -0.317. The van der Waals surface area contributed by atoms with Crippen molar-refractivity contribution in [3.05, 3.63) is 46.5 Å². The summed E-state index contributed by atoms with van der Waals surface area (Å²) in [5, 5.41) is 1.48. The van der Waals surface area contributed by atoms with Crippen molar-refractivity contribution in [1.82, 2.24) is 0 Å². The lowest BCUT2D eigenvalue weighted by Gasteiger charge is -1.95. The van der Waals surface area contributed by atoms with Gasteiger partial charge in [0, 0.05) is 6.42 Å². The lowest BCUT2D eigenvalue weighted by atomic mass is 10.1. The lowest BCUT2D eigenvalue weighted by molar-refractivity contribution is 0.507. The molecule has 0 atom stereocenters. The zero-order valence-electron chi connectivity index (χ0n) is 9.82. The Morgan fingerprint density at radius 3 is 2.94 bits per heavy atom. The van der Waals surface area contributed by atoms with Gasteiger partial charge in [-0.1, -0.05) is 37.5 Å². The van der Waals surface area contributed by atoms with Crippen LogP contribution in [0.4, 0.5) is 0 Å². The van der Waals surface area contributed by atoms with Gasteiger partial charge in [-0.05, 0) is 29.9 Å². The van der Waals surface area contributed by atoms with Crippen LogP contribution in [0.2, 0.25) is 0 Å². The van der Waals surface area contributed by atoms with Crippen LogP contribution in [-0.4, -0.2) is 0 Å².